The Bertz CT molecular complexity index is 654. The number of carbonyl (C=O) groups is 1. The van der Waals surface area contributed by atoms with Crippen LogP contribution in [0.15, 0.2) is 35.0 Å². The number of fused-ring (bicyclic) bond motifs is 1. The van der Waals surface area contributed by atoms with Gasteiger partial charge in [-0.1, -0.05) is 6.07 Å². The Balaban J connectivity index is 1.87. The van der Waals surface area contributed by atoms with Gasteiger partial charge in [0.2, 0.25) is 0 Å². The van der Waals surface area contributed by atoms with E-state index < -0.39 is 12.7 Å². The molecule has 0 radical (unpaired) electrons. The van der Waals surface area contributed by atoms with Crippen LogP contribution in [0.3, 0.4) is 0 Å². The summed E-state index contributed by atoms with van der Waals surface area (Å²) in [6, 6.07) is 7.24. The van der Waals surface area contributed by atoms with E-state index in [2.05, 4.69) is 5.32 Å². The Morgan fingerprint density at radius 3 is 2.90 bits per heavy atom. The van der Waals surface area contributed by atoms with Crippen LogP contribution in [0, 0.1) is 0 Å². The van der Waals surface area contributed by atoms with Crippen molar-refractivity contribution in [1.29, 1.82) is 0 Å². The number of rotatable bonds is 2. The third kappa shape index (κ3) is 2.26. The van der Waals surface area contributed by atoms with Crippen LogP contribution >= 0.6 is 11.3 Å². The quantitative estimate of drug-likeness (QED) is 0.830. The zero-order valence-electron chi connectivity index (χ0n) is 11.2. The van der Waals surface area contributed by atoms with Crippen molar-refractivity contribution in [2.24, 2.45) is 0 Å². The number of hydrogen-bond donors (Lipinski definition) is 2. The average Bonchev–Trinajstić information content (AvgIpc) is 2.97. The largest absolute Gasteiger partial charge is 0.492 e. The van der Waals surface area contributed by atoms with E-state index >= 15 is 0 Å². The van der Waals surface area contributed by atoms with Gasteiger partial charge in [-0.2, -0.15) is 11.3 Å². The summed E-state index contributed by atoms with van der Waals surface area (Å²) in [5.74, 6) is -0.154. The van der Waals surface area contributed by atoms with E-state index in [1.807, 2.05) is 31.4 Å². The summed E-state index contributed by atoms with van der Waals surface area (Å²) in [7, 11) is -0.946. The van der Waals surface area contributed by atoms with Crippen LogP contribution in [0.2, 0.25) is 0 Å². The lowest BCUT2D eigenvalue weighted by atomic mass is 9.78. The topological polar surface area (TPSA) is 58.6 Å². The minimum absolute atomic E-state index is 0.154. The number of nitrogens with one attached hydrogen (secondary N) is 1. The highest BCUT2D eigenvalue weighted by Crippen LogP contribution is 2.30. The van der Waals surface area contributed by atoms with Crippen LogP contribution in [0.25, 0.3) is 0 Å². The number of hydrogen-bond acceptors (Lipinski definition) is 4. The van der Waals surface area contributed by atoms with Crippen LogP contribution in [0.1, 0.15) is 29.8 Å². The van der Waals surface area contributed by atoms with Gasteiger partial charge in [0.05, 0.1) is 11.2 Å². The van der Waals surface area contributed by atoms with Crippen molar-refractivity contribution in [2.45, 2.75) is 19.4 Å². The molecule has 1 aromatic heterocycles. The lowest BCUT2D eigenvalue weighted by Crippen LogP contribution is -2.29. The Morgan fingerprint density at radius 2 is 2.20 bits per heavy atom. The van der Waals surface area contributed by atoms with Gasteiger partial charge in [-0.3, -0.25) is 4.79 Å². The number of anilines is 1. The van der Waals surface area contributed by atoms with Gasteiger partial charge >= 0.3 is 7.12 Å². The highest BCUT2D eigenvalue weighted by atomic mass is 32.1. The lowest BCUT2D eigenvalue weighted by molar-refractivity contribution is 0.101. The molecule has 0 fully saturated rings. The normalized spacial score (nSPS) is 16.1. The molecule has 2 aromatic rings. The zero-order chi connectivity index (χ0) is 14.3. The molecular formula is C14H14BNO3S. The highest BCUT2D eigenvalue weighted by Gasteiger charge is 2.40. The molecule has 1 amide bonds. The van der Waals surface area contributed by atoms with Gasteiger partial charge < -0.3 is 15.0 Å². The van der Waals surface area contributed by atoms with Crippen molar-refractivity contribution in [3.05, 3.63) is 46.2 Å². The molecule has 2 heterocycles. The molecule has 1 aliphatic rings. The van der Waals surface area contributed by atoms with Gasteiger partial charge in [-0.05, 0) is 48.5 Å². The monoisotopic (exact) mass is 287 g/mol. The van der Waals surface area contributed by atoms with E-state index in [1.54, 1.807) is 17.5 Å². The number of benzene rings is 1. The molecule has 0 saturated carbocycles. The number of amides is 1. The average molecular weight is 287 g/mol. The maximum Gasteiger partial charge on any atom is 0.492 e. The van der Waals surface area contributed by atoms with Crippen LogP contribution in [0.4, 0.5) is 5.69 Å². The van der Waals surface area contributed by atoms with E-state index in [4.69, 9.17) is 4.65 Å². The van der Waals surface area contributed by atoms with Gasteiger partial charge in [0, 0.05) is 11.1 Å². The molecule has 0 saturated heterocycles. The minimum Gasteiger partial charge on any atom is -0.423 e. The van der Waals surface area contributed by atoms with Crippen molar-refractivity contribution in [3.8, 4) is 0 Å². The molecule has 0 aliphatic carbocycles. The molecule has 0 bridgehead atoms. The molecule has 1 aromatic carbocycles. The van der Waals surface area contributed by atoms with Crippen LogP contribution < -0.4 is 10.8 Å². The maximum atomic E-state index is 12.0. The van der Waals surface area contributed by atoms with Crippen molar-refractivity contribution in [3.63, 3.8) is 0 Å². The van der Waals surface area contributed by atoms with Gasteiger partial charge in [0.25, 0.3) is 5.91 Å². The predicted octanol–water partition coefficient (Wildman–Crippen LogP) is 1.95. The first-order valence-electron chi connectivity index (χ1n) is 6.31. The van der Waals surface area contributed by atoms with Crippen molar-refractivity contribution < 1.29 is 14.5 Å². The molecular weight excluding hydrogens is 273 g/mol. The summed E-state index contributed by atoms with van der Waals surface area (Å²) in [6.45, 7) is 3.82. The number of carbonyl (C=O) groups excluding carboxylic acids is 1. The zero-order valence-corrected chi connectivity index (χ0v) is 12.0. The Hall–Kier alpha value is -1.63. The van der Waals surface area contributed by atoms with E-state index in [1.165, 1.54) is 11.3 Å². The molecule has 0 atom stereocenters. The Kier molecular flexibility index (Phi) is 3.16. The lowest BCUT2D eigenvalue weighted by Gasteiger charge is -2.19. The molecule has 6 heteroatoms. The first-order chi connectivity index (χ1) is 9.47. The Morgan fingerprint density at radius 1 is 1.40 bits per heavy atom. The smallest absolute Gasteiger partial charge is 0.423 e. The van der Waals surface area contributed by atoms with Crippen molar-refractivity contribution in [1.82, 2.24) is 0 Å². The first-order valence-corrected chi connectivity index (χ1v) is 7.25. The summed E-state index contributed by atoms with van der Waals surface area (Å²) < 4.78 is 5.50. The highest BCUT2D eigenvalue weighted by molar-refractivity contribution is 7.08. The van der Waals surface area contributed by atoms with Gasteiger partial charge in [-0.15, -0.1) is 0 Å². The third-order valence-electron chi connectivity index (χ3n) is 3.41. The molecule has 0 spiro atoms. The van der Waals surface area contributed by atoms with E-state index in [0.29, 0.717) is 16.7 Å². The minimum atomic E-state index is -0.946. The summed E-state index contributed by atoms with van der Waals surface area (Å²) >= 11 is 1.48. The van der Waals surface area contributed by atoms with Crippen LogP contribution in [-0.2, 0) is 10.3 Å². The molecule has 3 rings (SSSR count). The fourth-order valence-corrected chi connectivity index (χ4v) is 3.03. The van der Waals surface area contributed by atoms with E-state index in [0.717, 1.165) is 5.56 Å². The number of thiophene rings is 1. The fraction of sp³-hybridized carbons (Fsp3) is 0.214. The second-order valence-corrected chi connectivity index (χ2v) is 6.03. The molecule has 20 heavy (non-hydrogen) atoms. The van der Waals surface area contributed by atoms with Crippen LogP contribution in [-0.4, -0.2) is 18.0 Å². The second kappa shape index (κ2) is 4.73. The van der Waals surface area contributed by atoms with Gasteiger partial charge in [0.15, 0.2) is 0 Å². The Labute approximate surface area is 121 Å². The fourth-order valence-electron chi connectivity index (χ4n) is 2.40. The third-order valence-corrected chi connectivity index (χ3v) is 4.10. The van der Waals surface area contributed by atoms with Crippen molar-refractivity contribution in [2.75, 3.05) is 5.32 Å². The molecule has 1 aliphatic heterocycles. The maximum absolute atomic E-state index is 12.0. The summed E-state index contributed by atoms with van der Waals surface area (Å²) in [5.41, 5.74) is 2.43. The van der Waals surface area contributed by atoms with Gasteiger partial charge in [0.1, 0.15) is 0 Å². The van der Waals surface area contributed by atoms with Crippen molar-refractivity contribution >= 4 is 35.5 Å². The van der Waals surface area contributed by atoms with Crippen LogP contribution in [0.5, 0.6) is 0 Å². The standard InChI is InChI=1S/C14H14BNO3S/c1-14(2)11-4-3-10(7-12(11)15(18)19-14)16-13(17)9-5-6-20-8-9/h3-8,18H,1-2H3,(H,16,17). The summed E-state index contributed by atoms with van der Waals surface area (Å²) in [4.78, 5) is 12.0. The SMILES string of the molecule is CC1(C)OB(O)c2cc(NC(=O)c3ccsc3)ccc21. The molecule has 2 N–H and O–H groups in total. The molecule has 0 unspecified atom stereocenters. The summed E-state index contributed by atoms with van der Waals surface area (Å²) in [6.07, 6.45) is 0. The second-order valence-electron chi connectivity index (χ2n) is 5.25. The first kappa shape index (κ1) is 13.4. The van der Waals surface area contributed by atoms with Gasteiger partial charge in [-0.25, -0.2) is 0 Å². The molecule has 4 nitrogen and oxygen atoms in total. The summed E-state index contributed by atoms with van der Waals surface area (Å²) in [5, 5.41) is 16.4. The molecule has 102 valence electrons. The van der Waals surface area contributed by atoms with E-state index in [9.17, 15) is 9.82 Å². The predicted molar refractivity (Wildman–Crippen MR) is 80.4 cm³/mol. The van der Waals surface area contributed by atoms with E-state index in [-0.39, 0.29) is 5.91 Å².